The van der Waals surface area contributed by atoms with Crippen LogP contribution in [0.3, 0.4) is 0 Å². The second-order valence-electron chi connectivity index (χ2n) is 5.61. The predicted molar refractivity (Wildman–Crippen MR) is 83.7 cm³/mol. The third-order valence-electron chi connectivity index (χ3n) is 4.03. The van der Waals surface area contributed by atoms with E-state index in [1.54, 1.807) is 6.92 Å². The van der Waals surface area contributed by atoms with Crippen molar-refractivity contribution in [1.82, 2.24) is 5.32 Å². The molecule has 1 aliphatic rings. The van der Waals surface area contributed by atoms with Crippen LogP contribution in [0.15, 0.2) is 23.1 Å². The highest BCUT2D eigenvalue weighted by atomic mass is 32.2. The van der Waals surface area contributed by atoms with Crippen molar-refractivity contribution in [3.05, 3.63) is 29.3 Å². The average molecular weight is 307 g/mol. The summed E-state index contributed by atoms with van der Waals surface area (Å²) >= 11 is 1.45. The number of rotatable bonds is 6. The number of nitrogens with one attached hydrogen (secondary N) is 1. The molecular weight excluding hydrogens is 286 g/mol. The second-order valence-corrected chi connectivity index (χ2v) is 6.66. The molecule has 0 radical (unpaired) electrons. The number of hydrogen-bond acceptors (Lipinski definition) is 3. The molecule has 0 aromatic heterocycles. The van der Waals surface area contributed by atoms with E-state index in [9.17, 15) is 9.59 Å². The van der Waals surface area contributed by atoms with Gasteiger partial charge in [0, 0.05) is 4.90 Å². The standard InChI is InChI=1S/C16H21NO3S/c1-3-16(2,15(19)20)17-14(18)10-21-13-8-7-11-5-4-6-12(11)9-13/h7-9H,3-6,10H2,1-2H3,(H,17,18)(H,19,20). The molecule has 1 aliphatic carbocycles. The summed E-state index contributed by atoms with van der Waals surface area (Å²) in [7, 11) is 0. The van der Waals surface area contributed by atoms with E-state index in [1.807, 2.05) is 6.07 Å². The van der Waals surface area contributed by atoms with E-state index in [2.05, 4.69) is 17.4 Å². The molecule has 21 heavy (non-hydrogen) atoms. The van der Waals surface area contributed by atoms with Crippen molar-refractivity contribution in [1.29, 1.82) is 0 Å². The van der Waals surface area contributed by atoms with Crippen molar-refractivity contribution >= 4 is 23.6 Å². The number of carbonyl (C=O) groups excluding carboxylic acids is 1. The van der Waals surface area contributed by atoms with Gasteiger partial charge in [-0.3, -0.25) is 4.79 Å². The third kappa shape index (κ3) is 3.79. The normalized spacial score (nSPS) is 16.1. The maximum Gasteiger partial charge on any atom is 0.329 e. The number of aliphatic carboxylic acids is 1. The van der Waals surface area contributed by atoms with Gasteiger partial charge in [-0.2, -0.15) is 0 Å². The molecule has 0 saturated carbocycles. The Kier molecular flexibility index (Phi) is 4.93. The highest BCUT2D eigenvalue weighted by molar-refractivity contribution is 8.00. The molecule has 2 rings (SSSR count). The van der Waals surface area contributed by atoms with Gasteiger partial charge in [-0.05, 0) is 55.9 Å². The molecule has 1 aromatic carbocycles. The smallest absolute Gasteiger partial charge is 0.329 e. The molecule has 0 saturated heterocycles. The molecule has 1 amide bonds. The van der Waals surface area contributed by atoms with Gasteiger partial charge in [0.15, 0.2) is 0 Å². The lowest BCUT2D eigenvalue weighted by Crippen LogP contribution is -2.52. The van der Waals surface area contributed by atoms with Crippen molar-refractivity contribution in [3.63, 3.8) is 0 Å². The zero-order chi connectivity index (χ0) is 15.5. The number of carboxylic acid groups (broad SMARTS) is 1. The van der Waals surface area contributed by atoms with Crippen molar-refractivity contribution < 1.29 is 14.7 Å². The lowest BCUT2D eigenvalue weighted by Gasteiger charge is -2.24. The van der Waals surface area contributed by atoms with Crippen LogP contribution in [-0.2, 0) is 22.4 Å². The molecule has 4 nitrogen and oxygen atoms in total. The number of carboxylic acids is 1. The van der Waals surface area contributed by atoms with Gasteiger partial charge in [0.2, 0.25) is 5.91 Å². The Labute approximate surface area is 129 Å². The van der Waals surface area contributed by atoms with Crippen LogP contribution in [0.1, 0.15) is 37.8 Å². The van der Waals surface area contributed by atoms with E-state index < -0.39 is 11.5 Å². The molecule has 1 unspecified atom stereocenters. The second kappa shape index (κ2) is 6.52. The predicted octanol–water partition coefficient (Wildman–Crippen LogP) is 2.64. The maximum absolute atomic E-state index is 11.9. The highest BCUT2D eigenvalue weighted by Gasteiger charge is 2.32. The van der Waals surface area contributed by atoms with Crippen LogP contribution < -0.4 is 5.32 Å². The van der Waals surface area contributed by atoms with E-state index in [0.717, 1.165) is 17.7 Å². The Hall–Kier alpha value is -1.49. The first-order valence-electron chi connectivity index (χ1n) is 7.23. The Morgan fingerprint density at radius 3 is 2.71 bits per heavy atom. The Morgan fingerprint density at radius 2 is 2.05 bits per heavy atom. The third-order valence-corrected chi connectivity index (χ3v) is 5.03. The Balaban J connectivity index is 1.91. The molecule has 0 heterocycles. The molecule has 0 bridgehead atoms. The maximum atomic E-state index is 11.9. The van der Waals surface area contributed by atoms with Crippen molar-refractivity contribution in [2.24, 2.45) is 0 Å². The summed E-state index contributed by atoms with van der Waals surface area (Å²) in [6.07, 6.45) is 3.83. The summed E-state index contributed by atoms with van der Waals surface area (Å²) in [5.41, 5.74) is 1.60. The zero-order valence-electron chi connectivity index (χ0n) is 12.4. The van der Waals surface area contributed by atoms with Gasteiger partial charge >= 0.3 is 5.97 Å². The number of fused-ring (bicyclic) bond motifs is 1. The van der Waals surface area contributed by atoms with Gasteiger partial charge in [0.1, 0.15) is 5.54 Å². The van der Waals surface area contributed by atoms with Crippen molar-refractivity contribution in [2.75, 3.05) is 5.75 Å². The van der Waals surface area contributed by atoms with Crippen LogP contribution in [-0.4, -0.2) is 28.3 Å². The molecule has 1 aromatic rings. The average Bonchev–Trinajstić information content (AvgIpc) is 2.92. The van der Waals surface area contributed by atoms with Crippen LogP contribution in [0.25, 0.3) is 0 Å². The summed E-state index contributed by atoms with van der Waals surface area (Å²) in [5.74, 6) is -1.00. The summed E-state index contributed by atoms with van der Waals surface area (Å²) in [6.45, 7) is 3.29. The van der Waals surface area contributed by atoms with Gasteiger partial charge in [-0.1, -0.05) is 13.0 Å². The first-order chi connectivity index (χ1) is 9.94. The number of thioether (sulfide) groups is 1. The fourth-order valence-corrected chi connectivity index (χ4v) is 3.18. The minimum absolute atomic E-state index is 0.238. The van der Waals surface area contributed by atoms with E-state index >= 15 is 0 Å². The highest BCUT2D eigenvalue weighted by Crippen LogP contribution is 2.27. The van der Waals surface area contributed by atoms with Crippen LogP contribution in [0, 0.1) is 0 Å². The molecule has 0 fully saturated rings. The molecule has 1 atom stereocenters. The van der Waals surface area contributed by atoms with Crippen molar-refractivity contribution in [2.45, 2.75) is 50.0 Å². The summed E-state index contributed by atoms with van der Waals surface area (Å²) in [5, 5.41) is 11.8. The largest absolute Gasteiger partial charge is 0.480 e. The zero-order valence-corrected chi connectivity index (χ0v) is 13.3. The number of amides is 1. The van der Waals surface area contributed by atoms with Gasteiger partial charge in [-0.25, -0.2) is 4.79 Å². The van der Waals surface area contributed by atoms with Gasteiger partial charge in [0.25, 0.3) is 0 Å². The van der Waals surface area contributed by atoms with Crippen LogP contribution in [0.4, 0.5) is 0 Å². The van der Waals surface area contributed by atoms with E-state index in [1.165, 1.54) is 36.2 Å². The van der Waals surface area contributed by atoms with Gasteiger partial charge in [0.05, 0.1) is 5.75 Å². The summed E-state index contributed by atoms with van der Waals surface area (Å²) in [6, 6.07) is 6.32. The molecule has 5 heteroatoms. The monoisotopic (exact) mass is 307 g/mol. The Morgan fingerprint density at radius 1 is 1.33 bits per heavy atom. The van der Waals surface area contributed by atoms with Crippen molar-refractivity contribution in [3.8, 4) is 0 Å². The first kappa shape index (κ1) is 15.9. The minimum atomic E-state index is -1.18. The Bertz CT molecular complexity index is 558. The topological polar surface area (TPSA) is 66.4 Å². The first-order valence-corrected chi connectivity index (χ1v) is 8.22. The van der Waals surface area contributed by atoms with E-state index in [0.29, 0.717) is 6.42 Å². The van der Waals surface area contributed by atoms with Crippen LogP contribution in [0.2, 0.25) is 0 Å². The van der Waals surface area contributed by atoms with E-state index in [-0.39, 0.29) is 11.7 Å². The lowest BCUT2D eigenvalue weighted by atomic mass is 9.99. The fraction of sp³-hybridized carbons (Fsp3) is 0.500. The minimum Gasteiger partial charge on any atom is -0.480 e. The number of aryl methyl sites for hydroxylation is 2. The summed E-state index contributed by atoms with van der Waals surface area (Å²) in [4.78, 5) is 24.2. The molecule has 2 N–H and O–H groups in total. The molecule has 0 aliphatic heterocycles. The quantitative estimate of drug-likeness (QED) is 0.793. The molecule has 0 spiro atoms. The number of carbonyl (C=O) groups is 2. The summed E-state index contributed by atoms with van der Waals surface area (Å²) < 4.78 is 0. The van der Waals surface area contributed by atoms with Crippen LogP contribution in [0.5, 0.6) is 0 Å². The van der Waals surface area contributed by atoms with Gasteiger partial charge in [-0.15, -0.1) is 11.8 Å². The van der Waals surface area contributed by atoms with E-state index in [4.69, 9.17) is 5.11 Å². The SMILES string of the molecule is CCC(C)(NC(=O)CSc1ccc2c(c1)CCC2)C(=O)O. The fourth-order valence-electron chi connectivity index (χ4n) is 2.42. The molecule has 114 valence electrons. The van der Waals surface area contributed by atoms with Gasteiger partial charge < -0.3 is 10.4 Å². The number of hydrogen-bond donors (Lipinski definition) is 2. The lowest BCUT2D eigenvalue weighted by molar-refractivity contribution is -0.146. The van der Waals surface area contributed by atoms with Crippen LogP contribution >= 0.6 is 11.8 Å². The molecular formula is C16H21NO3S. The number of benzene rings is 1.